The first-order valence-electron chi connectivity index (χ1n) is 8.37. The first kappa shape index (κ1) is 16.0. The smallest absolute Gasteiger partial charge is 0.159 e. The fourth-order valence-electron chi connectivity index (χ4n) is 2.88. The van der Waals surface area contributed by atoms with Crippen molar-refractivity contribution in [1.82, 2.24) is 15.3 Å². The third-order valence-corrected chi connectivity index (χ3v) is 4.57. The second-order valence-corrected chi connectivity index (χ2v) is 6.54. The number of aromatic nitrogens is 2. The lowest BCUT2D eigenvalue weighted by Gasteiger charge is -2.16. The molecule has 0 amide bonds. The van der Waals surface area contributed by atoms with E-state index >= 15 is 0 Å². The molecule has 1 aliphatic rings. The number of benzene rings is 2. The summed E-state index contributed by atoms with van der Waals surface area (Å²) in [6.45, 7) is 1.85. The molecule has 3 nitrogen and oxygen atoms in total. The Labute approximate surface area is 152 Å². The van der Waals surface area contributed by atoms with Gasteiger partial charge in [-0.25, -0.2) is 9.97 Å². The van der Waals surface area contributed by atoms with Crippen LogP contribution in [0.1, 0.15) is 22.4 Å². The molecule has 4 rings (SSSR count). The van der Waals surface area contributed by atoms with Crippen LogP contribution in [0.3, 0.4) is 0 Å². The van der Waals surface area contributed by atoms with Gasteiger partial charge in [-0.15, -0.1) is 0 Å². The van der Waals surface area contributed by atoms with Crippen molar-refractivity contribution in [2.24, 2.45) is 0 Å². The number of nitrogens with zero attached hydrogens (tertiary/aromatic N) is 2. The summed E-state index contributed by atoms with van der Waals surface area (Å²) in [5, 5.41) is 4.10. The van der Waals surface area contributed by atoms with Crippen molar-refractivity contribution < 1.29 is 0 Å². The van der Waals surface area contributed by atoms with Crippen LogP contribution in [0, 0.1) is 0 Å². The van der Waals surface area contributed by atoms with Crippen molar-refractivity contribution in [3.05, 3.63) is 82.1 Å². The van der Waals surface area contributed by atoms with Crippen LogP contribution in [-0.2, 0) is 13.0 Å². The Hall–Kier alpha value is -2.49. The highest BCUT2D eigenvalue weighted by atomic mass is 35.5. The summed E-state index contributed by atoms with van der Waals surface area (Å²) in [5.41, 5.74) is 5.68. The highest BCUT2D eigenvalue weighted by Gasteiger charge is 2.12. The first-order valence-corrected chi connectivity index (χ1v) is 8.75. The van der Waals surface area contributed by atoms with Crippen molar-refractivity contribution in [2.45, 2.75) is 13.0 Å². The molecule has 0 atom stereocenters. The van der Waals surface area contributed by atoms with Gasteiger partial charge in [-0.1, -0.05) is 60.2 Å². The van der Waals surface area contributed by atoms with E-state index < -0.39 is 0 Å². The average Bonchev–Trinajstić information content (AvgIpc) is 2.68. The molecule has 2 aromatic carbocycles. The van der Waals surface area contributed by atoms with Gasteiger partial charge >= 0.3 is 0 Å². The van der Waals surface area contributed by atoms with Crippen LogP contribution >= 0.6 is 11.6 Å². The van der Waals surface area contributed by atoms with E-state index in [9.17, 15) is 0 Å². The van der Waals surface area contributed by atoms with Gasteiger partial charge in [-0.05, 0) is 23.3 Å². The second kappa shape index (κ2) is 7.18. The molecule has 1 N–H and O–H groups in total. The number of rotatable bonds is 3. The van der Waals surface area contributed by atoms with Gasteiger partial charge in [-0.3, -0.25) is 0 Å². The third-order valence-electron chi connectivity index (χ3n) is 4.32. The Bertz CT molecular complexity index is 899. The van der Waals surface area contributed by atoms with Crippen molar-refractivity contribution in [3.63, 3.8) is 0 Å². The molecular weight excluding hydrogens is 330 g/mol. The maximum Gasteiger partial charge on any atom is 0.159 e. The van der Waals surface area contributed by atoms with Crippen LogP contribution in [0.15, 0.2) is 54.7 Å². The van der Waals surface area contributed by atoms with Crippen LogP contribution in [0.25, 0.3) is 23.5 Å². The maximum atomic E-state index is 5.91. The van der Waals surface area contributed by atoms with Crippen molar-refractivity contribution in [1.29, 1.82) is 0 Å². The van der Waals surface area contributed by atoms with E-state index in [1.54, 1.807) is 0 Å². The van der Waals surface area contributed by atoms with E-state index in [0.29, 0.717) is 0 Å². The van der Waals surface area contributed by atoms with Crippen LogP contribution < -0.4 is 5.32 Å². The summed E-state index contributed by atoms with van der Waals surface area (Å²) in [6, 6.07) is 16.1. The Morgan fingerprint density at radius 2 is 1.60 bits per heavy atom. The van der Waals surface area contributed by atoms with Gasteiger partial charge in [0.05, 0.1) is 5.69 Å². The fourth-order valence-corrected chi connectivity index (χ4v) is 3.01. The summed E-state index contributed by atoms with van der Waals surface area (Å²) in [6.07, 6.45) is 7.07. The minimum absolute atomic E-state index is 0.752. The molecule has 0 saturated carbocycles. The first-order chi connectivity index (χ1) is 12.3. The molecule has 0 aliphatic carbocycles. The molecule has 1 aliphatic heterocycles. The highest BCUT2D eigenvalue weighted by Crippen LogP contribution is 2.20. The maximum absolute atomic E-state index is 5.91. The minimum Gasteiger partial charge on any atom is -0.312 e. The number of fused-ring (bicyclic) bond motifs is 1. The number of hydrogen-bond donors (Lipinski definition) is 1. The van der Waals surface area contributed by atoms with Gasteiger partial charge in [0.1, 0.15) is 0 Å². The molecule has 0 spiro atoms. The minimum atomic E-state index is 0.752. The van der Waals surface area contributed by atoms with Gasteiger partial charge in [0, 0.05) is 41.9 Å². The summed E-state index contributed by atoms with van der Waals surface area (Å²) in [7, 11) is 0. The summed E-state index contributed by atoms with van der Waals surface area (Å²) in [5.74, 6) is 0.800. The van der Waals surface area contributed by atoms with E-state index in [4.69, 9.17) is 16.6 Å². The Balaban J connectivity index is 1.53. The molecule has 0 unspecified atom stereocenters. The van der Waals surface area contributed by atoms with E-state index in [0.717, 1.165) is 52.7 Å². The quantitative estimate of drug-likeness (QED) is 0.703. The van der Waals surface area contributed by atoms with E-state index in [-0.39, 0.29) is 0 Å². The summed E-state index contributed by atoms with van der Waals surface area (Å²) < 4.78 is 0. The van der Waals surface area contributed by atoms with Gasteiger partial charge < -0.3 is 5.32 Å². The van der Waals surface area contributed by atoms with Crippen LogP contribution in [0.4, 0.5) is 0 Å². The predicted octanol–water partition coefficient (Wildman–Crippen LogP) is 4.61. The Morgan fingerprint density at radius 1 is 0.920 bits per heavy atom. The summed E-state index contributed by atoms with van der Waals surface area (Å²) >= 11 is 5.91. The van der Waals surface area contributed by atoms with Crippen molar-refractivity contribution in [2.75, 3.05) is 6.54 Å². The van der Waals surface area contributed by atoms with E-state index in [1.165, 1.54) is 5.56 Å². The normalized spacial score (nSPS) is 13.8. The third kappa shape index (κ3) is 3.78. The van der Waals surface area contributed by atoms with Crippen molar-refractivity contribution in [3.8, 4) is 11.4 Å². The molecule has 0 bridgehead atoms. The zero-order valence-electron chi connectivity index (χ0n) is 13.7. The lowest BCUT2D eigenvalue weighted by Crippen LogP contribution is -2.24. The van der Waals surface area contributed by atoms with Crippen LogP contribution in [0.2, 0.25) is 5.02 Å². The molecule has 4 heteroatoms. The fraction of sp³-hybridized carbons (Fsp3) is 0.143. The monoisotopic (exact) mass is 347 g/mol. The SMILES string of the molecule is Clc1ccc(C=Cc2ccc(-c3ncc4c(n3)CCNC4)cc2)cc1. The topological polar surface area (TPSA) is 37.8 Å². The van der Waals surface area contributed by atoms with E-state index in [1.807, 2.05) is 30.5 Å². The molecule has 0 radical (unpaired) electrons. The van der Waals surface area contributed by atoms with Crippen LogP contribution in [0.5, 0.6) is 0 Å². The number of halogens is 1. The molecule has 2 heterocycles. The van der Waals surface area contributed by atoms with Gasteiger partial charge in [-0.2, -0.15) is 0 Å². The average molecular weight is 348 g/mol. The molecule has 0 saturated heterocycles. The highest BCUT2D eigenvalue weighted by molar-refractivity contribution is 6.30. The number of nitrogens with one attached hydrogen (secondary N) is 1. The van der Waals surface area contributed by atoms with Crippen LogP contribution in [-0.4, -0.2) is 16.5 Å². The van der Waals surface area contributed by atoms with Gasteiger partial charge in [0.2, 0.25) is 0 Å². The lowest BCUT2D eigenvalue weighted by atomic mass is 10.1. The zero-order valence-corrected chi connectivity index (χ0v) is 14.5. The Kier molecular flexibility index (Phi) is 4.59. The van der Waals surface area contributed by atoms with Gasteiger partial charge in [0.25, 0.3) is 0 Å². The van der Waals surface area contributed by atoms with Crippen molar-refractivity contribution >= 4 is 23.8 Å². The molecule has 1 aromatic heterocycles. The molecule has 3 aromatic rings. The standard InChI is InChI=1S/C21H18ClN3/c22-19-9-5-16(6-10-19)2-1-15-3-7-17(8-4-15)21-24-14-18-13-23-12-11-20(18)25-21/h1-10,14,23H,11-13H2. The molecular formula is C21H18ClN3. The molecule has 25 heavy (non-hydrogen) atoms. The molecule has 0 fully saturated rings. The Morgan fingerprint density at radius 3 is 2.32 bits per heavy atom. The van der Waals surface area contributed by atoms with E-state index in [2.05, 4.69) is 46.7 Å². The molecule has 124 valence electrons. The number of hydrogen-bond acceptors (Lipinski definition) is 3. The second-order valence-electron chi connectivity index (χ2n) is 6.10. The lowest BCUT2D eigenvalue weighted by molar-refractivity contribution is 0.626. The largest absolute Gasteiger partial charge is 0.312 e. The van der Waals surface area contributed by atoms with Gasteiger partial charge in [0.15, 0.2) is 5.82 Å². The summed E-state index contributed by atoms with van der Waals surface area (Å²) in [4.78, 5) is 9.25. The zero-order chi connectivity index (χ0) is 17.1. The predicted molar refractivity (Wildman–Crippen MR) is 103 cm³/mol.